The first-order valence-electron chi connectivity index (χ1n) is 6.15. The van der Waals surface area contributed by atoms with Crippen LogP contribution in [0.15, 0.2) is 12.3 Å². The lowest BCUT2D eigenvalue weighted by Gasteiger charge is -2.15. The molecule has 0 aromatic carbocycles. The van der Waals surface area contributed by atoms with E-state index < -0.39 is 0 Å². The van der Waals surface area contributed by atoms with Crippen LogP contribution in [-0.4, -0.2) is 16.0 Å². The first kappa shape index (κ1) is 11.3. The van der Waals surface area contributed by atoms with Gasteiger partial charge in [-0.1, -0.05) is 25.7 Å². The maximum absolute atomic E-state index is 5.61. The van der Waals surface area contributed by atoms with E-state index >= 15 is 0 Å². The highest BCUT2D eigenvalue weighted by Gasteiger charge is 2.11. The zero-order valence-electron chi connectivity index (χ0n) is 9.65. The molecule has 0 radical (unpaired) electrons. The number of rotatable bonds is 3. The summed E-state index contributed by atoms with van der Waals surface area (Å²) < 4.78 is 0. The Morgan fingerprint density at radius 1 is 1.25 bits per heavy atom. The topological polar surface area (TPSA) is 63.8 Å². The van der Waals surface area contributed by atoms with E-state index in [1.807, 2.05) is 0 Å². The molecule has 0 spiro atoms. The van der Waals surface area contributed by atoms with Gasteiger partial charge in [0.25, 0.3) is 0 Å². The molecular weight excluding hydrogens is 200 g/mol. The van der Waals surface area contributed by atoms with Gasteiger partial charge in [0.2, 0.25) is 0 Å². The van der Waals surface area contributed by atoms with Crippen LogP contribution in [-0.2, 0) is 6.54 Å². The monoisotopic (exact) mass is 220 g/mol. The van der Waals surface area contributed by atoms with E-state index in [9.17, 15) is 0 Å². The lowest BCUT2D eigenvalue weighted by atomic mass is 10.1. The molecule has 1 aliphatic rings. The molecule has 1 aromatic rings. The van der Waals surface area contributed by atoms with Crippen LogP contribution >= 0.6 is 0 Å². The summed E-state index contributed by atoms with van der Waals surface area (Å²) in [5.41, 5.74) is 5.61. The van der Waals surface area contributed by atoms with Gasteiger partial charge in [0.15, 0.2) is 0 Å². The third-order valence-electron chi connectivity index (χ3n) is 3.13. The standard InChI is InChI=1S/C12H20N4/c13-11-7-8-14-12(16-11)9-15-10-5-3-1-2-4-6-10/h7-8,10,15H,1-6,9H2,(H2,13,14,16). The highest BCUT2D eigenvalue weighted by atomic mass is 15.0. The van der Waals surface area contributed by atoms with Crippen LogP contribution in [0.4, 0.5) is 5.82 Å². The summed E-state index contributed by atoms with van der Waals surface area (Å²) in [6.07, 6.45) is 9.72. The summed E-state index contributed by atoms with van der Waals surface area (Å²) >= 11 is 0. The van der Waals surface area contributed by atoms with Crippen molar-refractivity contribution in [3.63, 3.8) is 0 Å². The number of anilines is 1. The molecule has 16 heavy (non-hydrogen) atoms. The average molecular weight is 220 g/mol. The molecule has 1 heterocycles. The SMILES string of the molecule is Nc1ccnc(CNC2CCCCCC2)n1. The predicted molar refractivity (Wildman–Crippen MR) is 64.8 cm³/mol. The van der Waals surface area contributed by atoms with E-state index in [0.717, 1.165) is 12.4 Å². The Balaban J connectivity index is 1.81. The Kier molecular flexibility index (Phi) is 4.10. The fourth-order valence-electron chi connectivity index (χ4n) is 2.22. The Morgan fingerprint density at radius 3 is 2.69 bits per heavy atom. The molecule has 2 rings (SSSR count). The fraction of sp³-hybridized carbons (Fsp3) is 0.667. The summed E-state index contributed by atoms with van der Waals surface area (Å²) in [6, 6.07) is 2.35. The van der Waals surface area contributed by atoms with Crippen molar-refractivity contribution in [3.05, 3.63) is 18.1 Å². The first-order chi connectivity index (χ1) is 7.84. The molecule has 3 N–H and O–H groups in total. The molecule has 0 unspecified atom stereocenters. The van der Waals surface area contributed by atoms with Crippen LogP contribution in [0.3, 0.4) is 0 Å². The van der Waals surface area contributed by atoms with Crippen LogP contribution in [0, 0.1) is 0 Å². The molecule has 1 aliphatic carbocycles. The molecular formula is C12H20N4. The second-order valence-electron chi connectivity index (χ2n) is 4.47. The minimum Gasteiger partial charge on any atom is -0.384 e. The summed E-state index contributed by atoms with van der Waals surface area (Å²) in [4.78, 5) is 8.38. The number of nitrogens with one attached hydrogen (secondary N) is 1. The quantitative estimate of drug-likeness (QED) is 0.763. The number of nitrogens with zero attached hydrogens (tertiary/aromatic N) is 2. The van der Waals surface area contributed by atoms with Crippen molar-refractivity contribution in [1.82, 2.24) is 15.3 Å². The molecule has 4 nitrogen and oxygen atoms in total. The van der Waals surface area contributed by atoms with E-state index in [2.05, 4.69) is 15.3 Å². The largest absolute Gasteiger partial charge is 0.384 e. The van der Waals surface area contributed by atoms with Crippen molar-refractivity contribution in [1.29, 1.82) is 0 Å². The highest BCUT2D eigenvalue weighted by molar-refractivity contribution is 5.24. The van der Waals surface area contributed by atoms with Gasteiger partial charge >= 0.3 is 0 Å². The van der Waals surface area contributed by atoms with Gasteiger partial charge in [0.1, 0.15) is 11.6 Å². The third-order valence-corrected chi connectivity index (χ3v) is 3.13. The maximum atomic E-state index is 5.61. The summed E-state index contributed by atoms with van der Waals surface area (Å²) in [5.74, 6) is 1.34. The number of nitrogen functional groups attached to an aromatic ring is 1. The number of hydrogen-bond donors (Lipinski definition) is 2. The smallest absolute Gasteiger partial charge is 0.144 e. The average Bonchev–Trinajstić information content (AvgIpc) is 2.55. The van der Waals surface area contributed by atoms with Gasteiger partial charge in [0, 0.05) is 12.2 Å². The van der Waals surface area contributed by atoms with Gasteiger partial charge in [-0.25, -0.2) is 9.97 Å². The van der Waals surface area contributed by atoms with Crippen LogP contribution in [0.25, 0.3) is 0 Å². The van der Waals surface area contributed by atoms with Gasteiger partial charge in [-0.15, -0.1) is 0 Å². The Bertz CT molecular complexity index is 319. The lowest BCUT2D eigenvalue weighted by molar-refractivity contribution is 0.452. The second kappa shape index (κ2) is 5.80. The van der Waals surface area contributed by atoms with Crippen molar-refractivity contribution < 1.29 is 0 Å². The number of hydrogen-bond acceptors (Lipinski definition) is 4. The normalized spacial score (nSPS) is 18.2. The summed E-state index contributed by atoms with van der Waals surface area (Å²) in [6.45, 7) is 0.732. The van der Waals surface area contributed by atoms with Gasteiger partial charge in [-0.3, -0.25) is 0 Å². The Hall–Kier alpha value is -1.16. The van der Waals surface area contributed by atoms with Crippen LogP contribution in [0.2, 0.25) is 0 Å². The van der Waals surface area contributed by atoms with E-state index in [0.29, 0.717) is 11.9 Å². The van der Waals surface area contributed by atoms with E-state index in [1.165, 1.54) is 38.5 Å². The van der Waals surface area contributed by atoms with Gasteiger partial charge in [0.05, 0.1) is 6.54 Å². The molecule has 0 atom stereocenters. The number of nitrogens with two attached hydrogens (primary N) is 1. The zero-order valence-corrected chi connectivity index (χ0v) is 9.65. The molecule has 0 bridgehead atoms. The van der Waals surface area contributed by atoms with Gasteiger partial charge in [-0.2, -0.15) is 0 Å². The summed E-state index contributed by atoms with van der Waals surface area (Å²) in [5, 5.41) is 3.52. The Morgan fingerprint density at radius 2 is 2.00 bits per heavy atom. The first-order valence-corrected chi connectivity index (χ1v) is 6.15. The van der Waals surface area contributed by atoms with Gasteiger partial charge < -0.3 is 11.1 Å². The molecule has 0 amide bonds. The summed E-state index contributed by atoms with van der Waals surface area (Å²) in [7, 11) is 0. The zero-order chi connectivity index (χ0) is 11.2. The van der Waals surface area contributed by atoms with Gasteiger partial charge in [-0.05, 0) is 18.9 Å². The van der Waals surface area contributed by atoms with Crippen LogP contribution in [0.1, 0.15) is 44.3 Å². The molecule has 1 saturated carbocycles. The van der Waals surface area contributed by atoms with Crippen molar-refractivity contribution in [2.75, 3.05) is 5.73 Å². The van der Waals surface area contributed by atoms with Crippen molar-refractivity contribution >= 4 is 5.82 Å². The molecule has 1 fully saturated rings. The number of aromatic nitrogens is 2. The van der Waals surface area contributed by atoms with E-state index in [4.69, 9.17) is 5.73 Å². The molecule has 1 aromatic heterocycles. The Labute approximate surface area is 96.7 Å². The fourth-order valence-corrected chi connectivity index (χ4v) is 2.22. The minimum absolute atomic E-state index is 0.549. The van der Waals surface area contributed by atoms with Crippen molar-refractivity contribution in [3.8, 4) is 0 Å². The molecule has 0 saturated heterocycles. The van der Waals surface area contributed by atoms with Crippen molar-refractivity contribution in [2.24, 2.45) is 0 Å². The molecule has 0 aliphatic heterocycles. The maximum Gasteiger partial charge on any atom is 0.144 e. The van der Waals surface area contributed by atoms with Crippen molar-refractivity contribution in [2.45, 2.75) is 51.1 Å². The molecule has 88 valence electrons. The second-order valence-corrected chi connectivity index (χ2v) is 4.47. The predicted octanol–water partition coefficient (Wildman–Crippen LogP) is 1.87. The third kappa shape index (κ3) is 3.45. The lowest BCUT2D eigenvalue weighted by Crippen LogP contribution is -2.28. The highest BCUT2D eigenvalue weighted by Crippen LogP contribution is 2.17. The van der Waals surface area contributed by atoms with E-state index in [-0.39, 0.29) is 0 Å². The van der Waals surface area contributed by atoms with Crippen LogP contribution in [0.5, 0.6) is 0 Å². The van der Waals surface area contributed by atoms with Crippen LogP contribution < -0.4 is 11.1 Å². The minimum atomic E-state index is 0.549. The molecule has 4 heteroatoms. The van der Waals surface area contributed by atoms with E-state index in [1.54, 1.807) is 12.3 Å².